The molecular weight excluding hydrogens is 286 g/mol. The van der Waals surface area contributed by atoms with E-state index in [1.807, 2.05) is 20.8 Å². The number of unbranched alkanes of at least 4 members (excludes halogenated alkanes) is 3. The molecule has 0 aliphatic carbocycles. The second-order valence-corrected chi connectivity index (χ2v) is 7.92. The first-order valence-electron chi connectivity index (χ1n) is 7.46. The smallest absolute Gasteiger partial charge is 0.238 e. The van der Waals surface area contributed by atoms with Crippen LogP contribution >= 0.6 is 0 Å². The molecule has 0 heterocycles. The first-order chi connectivity index (χ1) is 9.66. The van der Waals surface area contributed by atoms with E-state index in [4.69, 9.17) is 9.88 Å². The largest absolute Gasteiger partial charge is 0.493 e. The normalized spacial score (nSPS) is 12.4. The van der Waals surface area contributed by atoms with Gasteiger partial charge in [-0.2, -0.15) is 0 Å². The molecule has 5 heteroatoms. The predicted molar refractivity (Wildman–Crippen MR) is 86.2 cm³/mol. The van der Waals surface area contributed by atoms with Gasteiger partial charge in [0.1, 0.15) is 5.75 Å². The lowest BCUT2D eigenvalue weighted by Crippen LogP contribution is -2.17. The SMILES string of the molecule is CCCCCCOc1ccc(S(N)(=O)=O)cc1C(C)(C)C. The summed E-state index contributed by atoms with van der Waals surface area (Å²) in [5.74, 6) is 0.742. The van der Waals surface area contributed by atoms with Crippen molar-refractivity contribution in [3.05, 3.63) is 23.8 Å². The van der Waals surface area contributed by atoms with Crippen molar-refractivity contribution in [1.82, 2.24) is 0 Å². The summed E-state index contributed by atoms with van der Waals surface area (Å²) in [5.41, 5.74) is 0.656. The van der Waals surface area contributed by atoms with Gasteiger partial charge < -0.3 is 4.74 Å². The molecule has 0 radical (unpaired) electrons. The number of hydrogen-bond donors (Lipinski definition) is 1. The van der Waals surface area contributed by atoms with Crippen molar-refractivity contribution >= 4 is 10.0 Å². The fraction of sp³-hybridized carbons (Fsp3) is 0.625. The third-order valence-electron chi connectivity index (χ3n) is 3.34. The van der Waals surface area contributed by atoms with Crippen molar-refractivity contribution in [2.45, 2.75) is 63.7 Å². The standard InChI is InChI=1S/C16H27NO3S/c1-5-6-7-8-11-20-15-10-9-13(21(17,18)19)12-14(15)16(2,3)4/h9-10,12H,5-8,11H2,1-4H3,(H2,17,18,19). The van der Waals surface area contributed by atoms with E-state index in [1.54, 1.807) is 12.1 Å². The number of primary sulfonamides is 1. The number of ether oxygens (including phenoxy) is 1. The van der Waals surface area contributed by atoms with Crippen LogP contribution in [0.15, 0.2) is 23.1 Å². The van der Waals surface area contributed by atoms with Crippen LogP contribution in [0.5, 0.6) is 5.75 Å². The van der Waals surface area contributed by atoms with Crippen LogP contribution in [-0.2, 0) is 15.4 Å². The van der Waals surface area contributed by atoms with Gasteiger partial charge in [0.2, 0.25) is 10.0 Å². The summed E-state index contributed by atoms with van der Waals surface area (Å²) >= 11 is 0. The fourth-order valence-electron chi connectivity index (χ4n) is 2.11. The first kappa shape index (κ1) is 18.0. The summed E-state index contributed by atoms with van der Waals surface area (Å²) in [4.78, 5) is 0.130. The van der Waals surface area contributed by atoms with Crippen LogP contribution in [0.4, 0.5) is 0 Å². The first-order valence-corrected chi connectivity index (χ1v) is 9.01. The maximum atomic E-state index is 11.5. The molecule has 0 amide bonds. The number of sulfonamides is 1. The van der Waals surface area contributed by atoms with Gasteiger partial charge in [-0.15, -0.1) is 0 Å². The van der Waals surface area contributed by atoms with E-state index >= 15 is 0 Å². The van der Waals surface area contributed by atoms with Gasteiger partial charge in [0.25, 0.3) is 0 Å². The Hall–Kier alpha value is -1.07. The summed E-state index contributed by atoms with van der Waals surface area (Å²) < 4.78 is 28.8. The lowest BCUT2D eigenvalue weighted by atomic mass is 9.86. The zero-order valence-corrected chi connectivity index (χ0v) is 14.3. The molecule has 120 valence electrons. The predicted octanol–water partition coefficient (Wildman–Crippen LogP) is 3.59. The molecule has 0 saturated heterocycles. The number of hydrogen-bond acceptors (Lipinski definition) is 3. The average Bonchev–Trinajstić information content (AvgIpc) is 2.36. The highest BCUT2D eigenvalue weighted by molar-refractivity contribution is 7.89. The van der Waals surface area contributed by atoms with Gasteiger partial charge in [-0.3, -0.25) is 0 Å². The van der Waals surface area contributed by atoms with E-state index in [9.17, 15) is 8.42 Å². The molecule has 0 aromatic heterocycles. The monoisotopic (exact) mass is 313 g/mol. The molecule has 0 fully saturated rings. The van der Waals surface area contributed by atoms with Crippen molar-refractivity contribution in [2.75, 3.05) is 6.61 Å². The Balaban J connectivity index is 2.93. The minimum absolute atomic E-state index is 0.130. The molecule has 21 heavy (non-hydrogen) atoms. The highest BCUT2D eigenvalue weighted by Crippen LogP contribution is 2.33. The second-order valence-electron chi connectivity index (χ2n) is 6.36. The van der Waals surface area contributed by atoms with E-state index in [1.165, 1.54) is 18.9 Å². The van der Waals surface area contributed by atoms with Crippen molar-refractivity contribution in [3.63, 3.8) is 0 Å². The van der Waals surface area contributed by atoms with Gasteiger partial charge in [0.05, 0.1) is 11.5 Å². The van der Waals surface area contributed by atoms with Crippen LogP contribution in [0.25, 0.3) is 0 Å². The van der Waals surface area contributed by atoms with Crippen LogP contribution in [0.1, 0.15) is 58.9 Å². The number of rotatable bonds is 7. The molecule has 1 rings (SSSR count). The van der Waals surface area contributed by atoms with Gasteiger partial charge in [0, 0.05) is 5.56 Å². The molecule has 2 N–H and O–H groups in total. The third kappa shape index (κ3) is 5.67. The molecule has 1 aromatic carbocycles. The van der Waals surface area contributed by atoms with Crippen molar-refractivity contribution in [2.24, 2.45) is 5.14 Å². The van der Waals surface area contributed by atoms with Crippen LogP contribution in [0.2, 0.25) is 0 Å². The molecule has 0 aliphatic rings. The third-order valence-corrected chi connectivity index (χ3v) is 4.25. The number of nitrogens with two attached hydrogens (primary N) is 1. The Bertz CT molecular complexity index is 559. The maximum absolute atomic E-state index is 11.5. The Morgan fingerprint density at radius 1 is 1.14 bits per heavy atom. The molecule has 0 bridgehead atoms. The van der Waals surface area contributed by atoms with E-state index in [-0.39, 0.29) is 10.3 Å². The number of benzene rings is 1. The van der Waals surface area contributed by atoms with E-state index < -0.39 is 10.0 Å². The molecule has 1 aromatic rings. The second kappa shape index (κ2) is 7.27. The summed E-state index contributed by atoms with van der Waals surface area (Å²) in [5, 5.41) is 5.21. The van der Waals surface area contributed by atoms with Crippen molar-refractivity contribution < 1.29 is 13.2 Å². The Kier molecular flexibility index (Phi) is 6.23. The topological polar surface area (TPSA) is 69.4 Å². The van der Waals surface area contributed by atoms with Crippen molar-refractivity contribution in [1.29, 1.82) is 0 Å². The highest BCUT2D eigenvalue weighted by atomic mass is 32.2. The van der Waals surface area contributed by atoms with Gasteiger partial charge in [0.15, 0.2) is 0 Å². The fourth-order valence-corrected chi connectivity index (χ4v) is 2.65. The molecule has 0 atom stereocenters. The molecule has 4 nitrogen and oxygen atoms in total. The van der Waals surface area contributed by atoms with Gasteiger partial charge in [-0.1, -0.05) is 47.0 Å². The zero-order chi connectivity index (χ0) is 16.1. The minimum atomic E-state index is -3.69. The Labute approximate surface area is 128 Å². The van der Waals surface area contributed by atoms with Gasteiger partial charge in [-0.05, 0) is 30.0 Å². The molecule has 0 aliphatic heterocycles. The van der Waals surface area contributed by atoms with Crippen LogP contribution < -0.4 is 9.88 Å². The zero-order valence-electron chi connectivity index (χ0n) is 13.5. The maximum Gasteiger partial charge on any atom is 0.238 e. The summed E-state index contributed by atoms with van der Waals surface area (Å²) in [6.07, 6.45) is 4.56. The highest BCUT2D eigenvalue weighted by Gasteiger charge is 2.22. The lowest BCUT2D eigenvalue weighted by Gasteiger charge is -2.23. The molecule has 0 unspecified atom stereocenters. The summed E-state index contributed by atoms with van der Waals surface area (Å²) in [6, 6.07) is 4.84. The van der Waals surface area contributed by atoms with Crippen molar-refractivity contribution in [3.8, 4) is 5.75 Å². The molecule has 0 spiro atoms. The summed E-state index contributed by atoms with van der Waals surface area (Å²) in [7, 11) is -3.69. The Morgan fingerprint density at radius 2 is 1.81 bits per heavy atom. The Morgan fingerprint density at radius 3 is 2.33 bits per heavy atom. The average molecular weight is 313 g/mol. The quantitative estimate of drug-likeness (QED) is 0.782. The van der Waals surface area contributed by atoms with Crippen LogP contribution in [0, 0.1) is 0 Å². The summed E-state index contributed by atoms with van der Waals surface area (Å²) in [6.45, 7) is 8.90. The van der Waals surface area contributed by atoms with Crippen LogP contribution in [-0.4, -0.2) is 15.0 Å². The van der Waals surface area contributed by atoms with E-state index in [0.717, 1.165) is 24.2 Å². The molecular formula is C16H27NO3S. The molecule has 0 saturated carbocycles. The van der Waals surface area contributed by atoms with E-state index in [0.29, 0.717) is 6.61 Å². The minimum Gasteiger partial charge on any atom is -0.493 e. The van der Waals surface area contributed by atoms with Gasteiger partial charge >= 0.3 is 0 Å². The van der Waals surface area contributed by atoms with E-state index in [2.05, 4.69) is 6.92 Å². The van der Waals surface area contributed by atoms with Gasteiger partial charge in [-0.25, -0.2) is 13.6 Å². The van der Waals surface area contributed by atoms with Crippen LogP contribution in [0.3, 0.4) is 0 Å². The lowest BCUT2D eigenvalue weighted by molar-refractivity contribution is 0.297.